The molecule has 1 aromatic heterocycles. The highest BCUT2D eigenvalue weighted by Gasteiger charge is 2.22. The molecule has 0 aromatic carbocycles. The van der Waals surface area contributed by atoms with Crippen LogP contribution in [-0.4, -0.2) is 21.8 Å². The number of anilines is 1. The van der Waals surface area contributed by atoms with Crippen LogP contribution in [0.25, 0.3) is 0 Å². The fraction of sp³-hybridized carbons (Fsp3) is 0. The van der Waals surface area contributed by atoms with Crippen LogP contribution in [0.5, 0.6) is 0 Å². The highest BCUT2D eigenvalue weighted by atomic mass is 35.5. The second-order valence-corrected chi connectivity index (χ2v) is 6.17. The molecule has 0 bridgehead atoms. The second kappa shape index (κ2) is 3.82. The SMILES string of the molecule is Nc1nc(Cl)c(S(N)(=O)=O)cc1S(N)(=O)=O. The molecule has 0 saturated carbocycles. The van der Waals surface area contributed by atoms with Crippen molar-refractivity contribution in [1.29, 1.82) is 0 Å². The van der Waals surface area contributed by atoms with E-state index in [2.05, 4.69) is 4.98 Å². The smallest absolute Gasteiger partial charge is 0.241 e. The number of halogens is 1. The Balaban J connectivity index is 3.72. The molecule has 6 N–H and O–H groups in total. The number of hydrogen-bond acceptors (Lipinski definition) is 6. The maximum absolute atomic E-state index is 11.0. The molecule has 1 rings (SSSR count). The maximum atomic E-state index is 11.0. The summed E-state index contributed by atoms with van der Waals surface area (Å²) in [7, 11) is -8.40. The van der Waals surface area contributed by atoms with E-state index in [0.717, 1.165) is 0 Å². The van der Waals surface area contributed by atoms with Crippen LogP contribution in [0.15, 0.2) is 15.9 Å². The molecule has 16 heavy (non-hydrogen) atoms. The topological polar surface area (TPSA) is 159 Å². The Morgan fingerprint density at radius 2 is 1.50 bits per heavy atom. The highest BCUT2D eigenvalue weighted by Crippen LogP contribution is 2.24. The minimum absolute atomic E-state index is 0.500. The number of nitrogens with zero attached hydrogens (tertiary/aromatic N) is 1. The Kier molecular flexibility index (Phi) is 3.13. The number of nitrogens with two attached hydrogens (primary N) is 3. The molecule has 90 valence electrons. The van der Waals surface area contributed by atoms with E-state index in [-0.39, 0.29) is 0 Å². The molecule has 1 aromatic rings. The minimum atomic E-state index is -4.20. The average molecular weight is 287 g/mol. The summed E-state index contributed by atoms with van der Waals surface area (Å²) >= 11 is 5.45. The molecular formula is C5H7ClN4O4S2. The number of hydrogen-bond donors (Lipinski definition) is 3. The summed E-state index contributed by atoms with van der Waals surface area (Å²) in [6.45, 7) is 0. The molecule has 8 nitrogen and oxygen atoms in total. The Bertz CT molecular complexity index is 585. The number of sulfonamides is 2. The van der Waals surface area contributed by atoms with E-state index in [4.69, 9.17) is 27.6 Å². The Morgan fingerprint density at radius 3 is 1.88 bits per heavy atom. The monoisotopic (exact) mass is 286 g/mol. The molecule has 0 unspecified atom stereocenters. The minimum Gasteiger partial charge on any atom is -0.383 e. The van der Waals surface area contributed by atoms with E-state index in [0.29, 0.717) is 6.07 Å². The van der Waals surface area contributed by atoms with E-state index in [9.17, 15) is 16.8 Å². The van der Waals surface area contributed by atoms with Crippen LogP contribution in [0.2, 0.25) is 5.15 Å². The zero-order chi connectivity index (χ0) is 12.7. The first-order valence-corrected chi connectivity index (χ1v) is 7.02. The second-order valence-electron chi connectivity index (χ2n) is 2.75. The zero-order valence-electron chi connectivity index (χ0n) is 7.58. The third-order valence-corrected chi connectivity index (χ3v) is 3.81. The van der Waals surface area contributed by atoms with Crippen molar-refractivity contribution in [3.05, 3.63) is 11.2 Å². The van der Waals surface area contributed by atoms with E-state index < -0.39 is 40.8 Å². The van der Waals surface area contributed by atoms with Crippen molar-refractivity contribution in [3.63, 3.8) is 0 Å². The first kappa shape index (κ1) is 13.1. The van der Waals surface area contributed by atoms with E-state index >= 15 is 0 Å². The zero-order valence-corrected chi connectivity index (χ0v) is 9.97. The van der Waals surface area contributed by atoms with E-state index in [1.807, 2.05) is 0 Å². The van der Waals surface area contributed by atoms with Gasteiger partial charge in [-0.05, 0) is 6.07 Å². The van der Waals surface area contributed by atoms with Gasteiger partial charge in [0.25, 0.3) is 0 Å². The molecule has 11 heteroatoms. The molecule has 0 aliphatic carbocycles. The third-order valence-electron chi connectivity index (χ3n) is 1.55. The molecule has 0 aliphatic heterocycles. The summed E-state index contributed by atoms with van der Waals surface area (Å²) in [5, 5.41) is 9.06. The summed E-state index contributed by atoms with van der Waals surface area (Å²) in [5.41, 5.74) is 5.23. The standard InChI is InChI=1S/C5H7ClN4O4S2/c6-4-2(15(8,11)12)1-3(5(7)10-4)16(9,13)14/h1H,(H2,7,10)(H2,8,11,12)(H2,9,13,14). The number of pyridine rings is 1. The molecular weight excluding hydrogens is 280 g/mol. The van der Waals surface area contributed by atoms with Crippen LogP contribution in [0.1, 0.15) is 0 Å². The normalized spacial score (nSPS) is 12.7. The van der Waals surface area contributed by atoms with Gasteiger partial charge in [0.15, 0.2) is 5.15 Å². The summed E-state index contributed by atoms with van der Waals surface area (Å²) in [4.78, 5) is 2.02. The Labute approximate surface area is 96.5 Å². The first-order chi connectivity index (χ1) is 7.03. The van der Waals surface area contributed by atoms with Crippen LogP contribution in [0.3, 0.4) is 0 Å². The summed E-state index contributed by atoms with van der Waals surface area (Å²) in [6.07, 6.45) is 0. The fourth-order valence-electron chi connectivity index (χ4n) is 0.896. The van der Waals surface area contributed by atoms with Crippen molar-refractivity contribution < 1.29 is 16.8 Å². The van der Waals surface area contributed by atoms with Crippen LogP contribution >= 0.6 is 11.6 Å². The lowest BCUT2D eigenvalue weighted by molar-refractivity contribution is 0.595. The van der Waals surface area contributed by atoms with Crippen molar-refractivity contribution in [3.8, 4) is 0 Å². The van der Waals surface area contributed by atoms with Gasteiger partial charge < -0.3 is 5.73 Å². The summed E-state index contributed by atoms with van der Waals surface area (Å²) < 4.78 is 44.1. The number of rotatable bonds is 2. The van der Waals surface area contributed by atoms with Gasteiger partial charge in [0.05, 0.1) is 0 Å². The maximum Gasteiger partial charge on any atom is 0.241 e. The highest BCUT2D eigenvalue weighted by molar-refractivity contribution is 7.90. The van der Waals surface area contributed by atoms with Gasteiger partial charge in [-0.15, -0.1) is 0 Å². The lowest BCUT2D eigenvalue weighted by Gasteiger charge is -2.06. The number of aromatic nitrogens is 1. The summed E-state index contributed by atoms with van der Waals surface area (Å²) in [5.74, 6) is -0.500. The Morgan fingerprint density at radius 1 is 1.06 bits per heavy atom. The van der Waals surface area contributed by atoms with Gasteiger partial charge >= 0.3 is 0 Å². The van der Waals surface area contributed by atoms with Crippen LogP contribution < -0.4 is 16.0 Å². The van der Waals surface area contributed by atoms with Gasteiger partial charge in [-0.25, -0.2) is 32.1 Å². The lowest BCUT2D eigenvalue weighted by Crippen LogP contribution is -2.19. The molecule has 0 spiro atoms. The molecule has 0 radical (unpaired) electrons. The predicted octanol–water partition coefficient (Wildman–Crippen LogP) is -1.39. The molecule has 0 saturated heterocycles. The lowest BCUT2D eigenvalue weighted by atomic mass is 10.5. The van der Waals surface area contributed by atoms with Gasteiger partial charge in [-0.2, -0.15) is 0 Å². The quantitative estimate of drug-likeness (QED) is 0.567. The van der Waals surface area contributed by atoms with Gasteiger partial charge in [0.2, 0.25) is 20.0 Å². The molecule has 0 atom stereocenters. The number of primary sulfonamides is 2. The van der Waals surface area contributed by atoms with Gasteiger partial charge in [-0.3, -0.25) is 0 Å². The average Bonchev–Trinajstić information content (AvgIpc) is 1.97. The fourth-order valence-corrected chi connectivity index (χ4v) is 2.62. The molecule has 1 heterocycles. The van der Waals surface area contributed by atoms with Gasteiger partial charge in [0, 0.05) is 0 Å². The van der Waals surface area contributed by atoms with Crippen molar-refractivity contribution in [2.45, 2.75) is 9.79 Å². The van der Waals surface area contributed by atoms with Gasteiger partial charge in [0.1, 0.15) is 15.6 Å². The van der Waals surface area contributed by atoms with Crippen molar-refractivity contribution in [2.24, 2.45) is 10.3 Å². The number of nitrogen functional groups attached to an aromatic ring is 1. The van der Waals surface area contributed by atoms with Crippen molar-refractivity contribution >= 4 is 37.5 Å². The largest absolute Gasteiger partial charge is 0.383 e. The van der Waals surface area contributed by atoms with E-state index in [1.165, 1.54) is 0 Å². The summed E-state index contributed by atoms with van der Waals surface area (Å²) in [6, 6.07) is 0.662. The molecule has 0 amide bonds. The van der Waals surface area contributed by atoms with Crippen LogP contribution in [0, 0.1) is 0 Å². The van der Waals surface area contributed by atoms with E-state index in [1.54, 1.807) is 0 Å². The van der Waals surface area contributed by atoms with Gasteiger partial charge in [-0.1, -0.05) is 11.6 Å². The molecule has 0 fully saturated rings. The first-order valence-electron chi connectivity index (χ1n) is 3.55. The third kappa shape index (κ3) is 2.59. The van der Waals surface area contributed by atoms with Crippen molar-refractivity contribution in [1.82, 2.24) is 4.98 Å². The van der Waals surface area contributed by atoms with Crippen LogP contribution in [0.4, 0.5) is 5.82 Å². The Hall–Kier alpha value is -0.940. The van der Waals surface area contributed by atoms with Crippen LogP contribution in [-0.2, 0) is 20.0 Å². The molecule has 0 aliphatic rings. The predicted molar refractivity (Wildman–Crippen MR) is 56.4 cm³/mol. The van der Waals surface area contributed by atoms with Crippen molar-refractivity contribution in [2.75, 3.05) is 5.73 Å².